The third kappa shape index (κ3) is 3.09. The van der Waals surface area contributed by atoms with Gasteiger partial charge < -0.3 is 4.57 Å². The SMILES string of the molecule is O=S(=O)(Nc1ccccc1-n1cccc1)c1ccc(F)c(F)c1. The molecule has 0 aliphatic rings. The van der Waals surface area contributed by atoms with Gasteiger partial charge in [-0.25, -0.2) is 17.2 Å². The number of hydrogen-bond donors (Lipinski definition) is 1. The van der Waals surface area contributed by atoms with Crippen LogP contribution in [0, 0.1) is 11.6 Å². The number of nitrogens with one attached hydrogen (secondary N) is 1. The van der Waals surface area contributed by atoms with Gasteiger partial charge in [-0.2, -0.15) is 0 Å². The number of sulfonamides is 1. The molecule has 0 spiro atoms. The summed E-state index contributed by atoms with van der Waals surface area (Å²) in [6, 6.07) is 12.8. The van der Waals surface area contributed by atoms with Gasteiger partial charge in [0.25, 0.3) is 10.0 Å². The number of hydrogen-bond acceptors (Lipinski definition) is 2. The van der Waals surface area contributed by atoms with E-state index in [0.717, 1.165) is 12.1 Å². The van der Waals surface area contributed by atoms with Crippen LogP contribution in [0.5, 0.6) is 0 Å². The van der Waals surface area contributed by atoms with E-state index >= 15 is 0 Å². The minimum atomic E-state index is -4.04. The predicted octanol–water partition coefficient (Wildman–Crippen LogP) is 3.56. The van der Waals surface area contributed by atoms with Crippen LogP contribution >= 0.6 is 0 Å². The van der Waals surface area contributed by atoms with Crippen molar-refractivity contribution in [3.8, 4) is 5.69 Å². The predicted molar refractivity (Wildman–Crippen MR) is 82.9 cm³/mol. The van der Waals surface area contributed by atoms with Crippen molar-refractivity contribution in [1.82, 2.24) is 4.57 Å². The molecule has 0 unspecified atom stereocenters. The Morgan fingerprint density at radius 3 is 2.26 bits per heavy atom. The Labute approximate surface area is 132 Å². The molecule has 0 radical (unpaired) electrons. The summed E-state index contributed by atoms with van der Waals surface area (Å²) in [6.07, 6.45) is 3.54. The summed E-state index contributed by atoms with van der Waals surface area (Å²) in [5.74, 6) is -2.32. The second-order valence-electron chi connectivity index (χ2n) is 4.79. The average molecular weight is 334 g/mol. The molecule has 0 bridgehead atoms. The normalized spacial score (nSPS) is 11.4. The Morgan fingerprint density at radius 1 is 0.870 bits per heavy atom. The number of aromatic nitrogens is 1. The van der Waals surface area contributed by atoms with Crippen LogP contribution in [0.3, 0.4) is 0 Å². The van der Waals surface area contributed by atoms with Crippen molar-refractivity contribution >= 4 is 15.7 Å². The van der Waals surface area contributed by atoms with Crippen LogP contribution in [-0.4, -0.2) is 13.0 Å². The molecule has 1 heterocycles. The molecule has 1 N–H and O–H groups in total. The van der Waals surface area contributed by atoms with Crippen molar-refractivity contribution < 1.29 is 17.2 Å². The molecule has 0 aliphatic carbocycles. The minimum Gasteiger partial charge on any atom is -0.322 e. The maximum Gasteiger partial charge on any atom is 0.262 e. The summed E-state index contributed by atoms with van der Waals surface area (Å²) in [5, 5.41) is 0. The van der Waals surface area contributed by atoms with E-state index in [1.165, 1.54) is 0 Å². The van der Waals surface area contributed by atoms with Crippen molar-refractivity contribution in [2.24, 2.45) is 0 Å². The van der Waals surface area contributed by atoms with Crippen molar-refractivity contribution in [3.63, 3.8) is 0 Å². The van der Waals surface area contributed by atoms with Gasteiger partial charge in [0.1, 0.15) is 0 Å². The molecule has 2 aromatic carbocycles. The lowest BCUT2D eigenvalue weighted by molar-refractivity contribution is 0.504. The minimum absolute atomic E-state index is 0.327. The average Bonchev–Trinajstić information content (AvgIpc) is 3.04. The van der Waals surface area contributed by atoms with Gasteiger partial charge >= 0.3 is 0 Å². The molecule has 118 valence electrons. The molecule has 0 atom stereocenters. The summed E-state index contributed by atoms with van der Waals surface area (Å²) < 4.78 is 55.1. The van der Waals surface area contributed by atoms with Crippen LogP contribution in [0.25, 0.3) is 5.69 Å². The number of rotatable bonds is 4. The lowest BCUT2D eigenvalue weighted by Gasteiger charge is -2.13. The van der Waals surface area contributed by atoms with Crippen LogP contribution in [0.2, 0.25) is 0 Å². The van der Waals surface area contributed by atoms with E-state index in [1.807, 2.05) is 0 Å². The van der Waals surface area contributed by atoms with Crippen molar-refractivity contribution in [3.05, 3.63) is 78.6 Å². The highest BCUT2D eigenvalue weighted by Gasteiger charge is 2.18. The van der Waals surface area contributed by atoms with Crippen LogP contribution < -0.4 is 4.72 Å². The number of para-hydroxylation sites is 2. The van der Waals surface area contributed by atoms with E-state index in [0.29, 0.717) is 17.4 Å². The molecule has 0 fully saturated rings. The first-order valence-corrected chi connectivity index (χ1v) is 8.16. The van der Waals surface area contributed by atoms with E-state index in [-0.39, 0.29) is 4.90 Å². The maximum absolute atomic E-state index is 13.3. The second kappa shape index (κ2) is 5.85. The zero-order valence-electron chi connectivity index (χ0n) is 11.8. The summed E-state index contributed by atoms with van der Waals surface area (Å²) in [7, 11) is -4.04. The van der Waals surface area contributed by atoms with Gasteiger partial charge in [-0.1, -0.05) is 12.1 Å². The lowest BCUT2D eigenvalue weighted by atomic mass is 10.3. The van der Waals surface area contributed by atoms with Crippen molar-refractivity contribution in [2.75, 3.05) is 4.72 Å². The highest BCUT2D eigenvalue weighted by Crippen LogP contribution is 2.24. The van der Waals surface area contributed by atoms with E-state index in [1.54, 1.807) is 53.4 Å². The smallest absolute Gasteiger partial charge is 0.262 e. The van der Waals surface area contributed by atoms with E-state index < -0.39 is 21.7 Å². The molecule has 0 saturated heterocycles. The first-order chi connectivity index (χ1) is 11.0. The van der Waals surface area contributed by atoms with Crippen molar-refractivity contribution in [2.45, 2.75) is 4.90 Å². The Kier molecular flexibility index (Phi) is 3.87. The van der Waals surface area contributed by atoms with Gasteiger partial charge in [0.2, 0.25) is 0 Å². The van der Waals surface area contributed by atoms with Gasteiger partial charge in [0.05, 0.1) is 16.3 Å². The number of anilines is 1. The van der Waals surface area contributed by atoms with E-state index in [4.69, 9.17) is 0 Å². The van der Waals surface area contributed by atoms with Crippen molar-refractivity contribution in [1.29, 1.82) is 0 Å². The fraction of sp³-hybridized carbons (Fsp3) is 0. The highest BCUT2D eigenvalue weighted by molar-refractivity contribution is 7.92. The molecule has 1 aromatic heterocycles. The first-order valence-electron chi connectivity index (χ1n) is 6.67. The Balaban J connectivity index is 2.00. The van der Waals surface area contributed by atoms with Crippen LogP contribution in [0.15, 0.2) is 71.9 Å². The fourth-order valence-corrected chi connectivity index (χ4v) is 3.21. The third-order valence-electron chi connectivity index (χ3n) is 3.23. The van der Waals surface area contributed by atoms with Gasteiger partial charge in [-0.3, -0.25) is 4.72 Å². The molecular weight excluding hydrogens is 322 g/mol. The van der Waals surface area contributed by atoms with Gasteiger partial charge in [0, 0.05) is 12.4 Å². The van der Waals surface area contributed by atoms with Gasteiger partial charge in [-0.05, 0) is 42.5 Å². The Hall–Kier alpha value is -2.67. The fourth-order valence-electron chi connectivity index (χ4n) is 2.13. The monoisotopic (exact) mass is 334 g/mol. The molecule has 3 rings (SSSR count). The van der Waals surface area contributed by atoms with Gasteiger partial charge in [-0.15, -0.1) is 0 Å². The highest BCUT2D eigenvalue weighted by atomic mass is 32.2. The first kappa shape index (κ1) is 15.2. The summed E-state index contributed by atoms with van der Waals surface area (Å²) >= 11 is 0. The standard InChI is InChI=1S/C16H12F2N2O2S/c17-13-8-7-12(11-14(13)18)23(21,22)19-15-5-1-2-6-16(15)20-9-3-4-10-20/h1-11,19H. The molecule has 0 amide bonds. The Bertz CT molecular complexity index is 938. The Morgan fingerprint density at radius 2 is 1.57 bits per heavy atom. The van der Waals surface area contributed by atoms with Crippen LogP contribution in [0.4, 0.5) is 14.5 Å². The zero-order chi connectivity index (χ0) is 16.4. The summed E-state index contributed by atoms with van der Waals surface area (Å²) in [4.78, 5) is -0.348. The molecule has 7 heteroatoms. The number of benzene rings is 2. The van der Waals surface area contributed by atoms with Crippen LogP contribution in [-0.2, 0) is 10.0 Å². The topological polar surface area (TPSA) is 51.1 Å². The number of halogens is 2. The second-order valence-corrected chi connectivity index (χ2v) is 6.47. The molecule has 3 aromatic rings. The quantitative estimate of drug-likeness (QED) is 0.793. The van der Waals surface area contributed by atoms with Crippen LogP contribution in [0.1, 0.15) is 0 Å². The molecule has 23 heavy (non-hydrogen) atoms. The number of nitrogens with zero attached hydrogens (tertiary/aromatic N) is 1. The summed E-state index contributed by atoms with van der Waals surface area (Å²) in [6.45, 7) is 0. The largest absolute Gasteiger partial charge is 0.322 e. The molecular formula is C16H12F2N2O2S. The molecule has 4 nitrogen and oxygen atoms in total. The van der Waals surface area contributed by atoms with E-state index in [2.05, 4.69) is 4.72 Å². The third-order valence-corrected chi connectivity index (χ3v) is 4.60. The van der Waals surface area contributed by atoms with E-state index in [9.17, 15) is 17.2 Å². The lowest BCUT2D eigenvalue weighted by Crippen LogP contribution is -2.15. The van der Waals surface area contributed by atoms with Gasteiger partial charge in [0.15, 0.2) is 11.6 Å². The zero-order valence-corrected chi connectivity index (χ0v) is 12.6. The maximum atomic E-state index is 13.3. The molecule has 0 saturated carbocycles. The molecule has 0 aliphatic heterocycles. The summed E-state index contributed by atoms with van der Waals surface area (Å²) in [5.41, 5.74) is 0.942.